The fraction of sp³-hybridized carbons (Fsp3) is 0.118. The molecule has 1 aromatic heterocycles. The van der Waals surface area contributed by atoms with Crippen LogP contribution in [0.1, 0.15) is 17.2 Å². The molecule has 0 aliphatic carbocycles. The lowest BCUT2D eigenvalue weighted by Crippen LogP contribution is -2.02. The summed E-state index contributed by atoms with van der Waals surface area (Å²) in [7, 11) is 0. The van der Waals surface area contributed by atoms with Crippen LogP contribution < -0.4 is 0 Å². The van der Waals surface area contributed by atoms with Crippen LogP contribution in [-0.2, 0) is 6.42 Å². The van der Waals surface area contributed by atoms with Crippen molar-refractivity contribution in [3.63, 3.8) is 0 Å². The summed E-state index contributed by atoms with van der Waals surface area (Å²) in [5, 5.41) is 12.6. The molecule has 1 heterocycles. The van der Waals surface area contributed by atoms with Crippen molar-refractivity contribution in [1.29, 1.82) is 0 Å². The van der Waals surface area contributed by atoms with Crippen molar-refractivity contribution in [2.45, 2.75) is 12.5 Å². The van der Waals surface area contributed by atoms with Crippen LogP contribution in [0.4, 0.5) is 0 Å². The van der Waals surface area contributed by atoms with E-state index >= 15 is 0 Å². The van der Waals surface area contributed by atoms with Crippen molar-refractivity contribution in [2.75, 3.05) is 0 Å². The number of pyridine rings is 1. The lowest BCUT2D eigenvalue weighted by Gasteiger charge is -2.13. The van der Waals surface area contributed by atoms with E-state index in [-0.39, 0.29) is 0 Å². The highest BCUT2D eigenvalue weighted by Crippen LogP contribution is 2.25. The van der Waals surface area contributed by atoms with Gasteiger partial charge >= 0.3 is 0 Å². The molecular formula is C17H15NO. The van der Waals surface area contributed by atoms with Crippen LogP contribution in [0.5, 0.6) is 0 Å². The van der Waals surface area contributed by atoms with Crippen molar-refractivity contribution in [2.24, 2.45) is 0 Å². The second-order valence-electron chi connectivity index (χ2n) is 4.65. The van der Waals surface area contributed by atoms with Crippen LogP contribution in [-0.4, -0.2) is 10.1 Å². The molecule has 1 atom stereocenters. The van der Waals surface area contributed by atoms with Crippen molar-refractivity contribution in [3.8, 4) is 0 Å². The molecule has 19 heavy (non-hydrogen) atoms. The van der Waals surface area contributed by atoms with Crippen molar-refractivity contribution in [1.82, 2.24) is 4.98 Å². The second kappa shape index (κ2) is 5.21. The first-order valence-corrected chi connectivity index (χ1v) is 6.39. The highest BCUT2D eigenvalue weighted by molar-refractivity contribution is 5.85. The van der Waals surface area contributed by atoms with E-state index in [4.69, 9.17) is 0 Å². The number of fused-ring (bicyclic) bond motifs is 1. The maximum Gasteiger partial charge on any atom is 0.0836 e. The summed E-state index contributed by atoms with van der Waals surface area (Å²) in [4.78, 5) is 4.12. The maximum absolute atomic E-state index is 10.5. The Bertz CT molecular complexity index is 674. The Morgan fingerprint density at radius 1 is 0.947 bits per heavy atom. The van der Waals surface area contributed by atoms with Gasteiger partial charge < -0.3 is 5.11 Å². The first-order chi connectivity index (χ1) is 9.34. The minimum absolute atomic E-state index is 0.492. The molecule has 0 bridgehead atoms. The molecule has 3 rings (SSSR count). The lowest BCUT2D eigenvalue weighted by atomic mass is 9.97. The molecule has 0 spiro atoms. The predicted octanol–water partition coefficient (Wildman–Crippen LogP) is 3.51. The van der Waals surface area contributed by atoms with Crippen molar-refractivity contribution in [3.05, 3.63) is 78.1 Å². The number of aliphatic hydroxyl groups is 1. The molecule has 0 radical (unpaired) electrons. The summed E-state index contributed by atoms with van der Waals surface area (Å²) in [6.45, 7) is 0. The number of hydrogen-bond acceptors (Lipinski definition) is 2. The van der Waals surface area contributed by atoms with Gasteiger partial charge in [0.1, 0.15) is 0 Å². The third-order valence-corrected chi connectivity index (χ3v) is 3.35. The third kappa shape index (κ3) is 2.49. The van der Waals surface area contributed by atoms with Gasteiger partial charge in [-0.05, 0) is 22.6 Å². The molecule has 0 saturated carbocycles. The topological polar surface area (TPSA) is 33.1 Å². The Morgan fingerprint density at radius 3 is 2.63 bits per heavy atom. The van der Waals surface area contributed by atoms with Gasteiger partial charge in [-0.15, -0.1) is 0 Å². The average molecular weight is 249 g/mol. The van der Waals surface area contributed by atoms with E-state index in [1.807, 2.05) is 60.8 Å². The maximum atomic E-state index is 10.5. The molecule has 1 N–H and O–H groups in total. The lowest BCUT2D eigenvalue weighted by molar-refractivity contribution is 0.180. The minimum atomic E-state index is -0.492. The molecule has 1 unspecified atom stereocenters. The van der Waals surface area contributed by atoms with Gasteiger partial charge in [-0.3, -0.25) is 4.98 Å². The number of aliphatic hydroxyl groups excluding tert-OH is 1. The summed E-state index contributed by atoms with van der Waals surface area (Å²) in [6, 6.07) is 18.0. The van der Waals surface area contributed by atoms with Gasteiger partial charge in [0.05, 0.1) is 6.10 Å². The summed E-state index contributed by atoms with van der Waals surface area (Å²) in [6.07, 6.45) is 3.73. The number of benzene rings is 2. The van der Waals surface area contributed by atoms with Crippen molar-refractivity contribution >= 4 is 10.8 Å². The fourth-order valence-corrected chi connectivity index (χ4v) is 2.39. The number of hydrogen-bond donors (Lipinski definition) is 1. The smallest absolute Gasteiger partial charge is 0.0836 e. The molecule has 0 aliphatic rings. The zero-order valence-corrected chi connectivity index (χ0v) is 10.5. The Balaban J connectivity index is 1.96. The van der Waals surface area contributed by atoms with Gasteiger partial charge in [-0.1, -0.05) is 48.5 Å². The molecule has 0 saturated heterocycles. The summed E-state index contributed by atoms with van der Waals surface area (Å²) in [5.74, 6) is 0. The van der Waals surface area contributed by atoms with Gasteiger partial charge in [-0.25, -0.2) is 0 Å². The molecule has 2 heteroatoms. The Kier molecular flexibility index (Phi) is 3.25. The predicted molar refractivity (Wildman–Crippen MR) is 76.8 cm³/mol. The zero-order valence-electron chi connectivity index (χ0n) is 10.5. The third-order valence-electron chi connectivity index (χ3n) is 3.35. The van der Waals surface area contributed by atoms with E-state index in [9.17, 15) is 5.11 Å². The van der Waals surface area contributed by atoms with Crippen LogP contribution in [0.2, 0.25) is 0 Å². The van der Waals surface area contributed by atoms with Crippen molar-refractivity contribution < 1.29 is 5.11 Å². The van der Waals surface area contributed by atoms with Crippen LogP contribution in [0.3, 0.4) is 0 Å². The normalized spacial score (nSPS) is 12.5. The first-order valence-electron chi connectivity index (χ1n) is 6.39. The Hall–Kier alpha value is -2.19. The largest absolute Gasteiger partial charge is 0.388 e. The fourth-order valence-electron chi connectivity index (χ4n) is 2.39. The minimum Gasteiger partial charge on any atom is -0.388 e. The van der Waals surface area contributed by atoms with Crippen LogP contribution >= 0.6 is 0 Å². The molecule has 3 aromatic rings. The van der Waals surface area contributed by atoms with Crippen LogP contribution in [0, 0.1) is 0 Å². The molecule has 0 fully saturated rings. The monoisotopic (exact) mass is 249 g/mol. The summed E-state index contributed by atoms with van der Waals surface area (Å²) in [5.41, 5.74) is 2.10. The van der Waals surface area contributed by atoms with Gasteiger partial charge in [0.25, 0.3) is 0 Å². The van der Waals surface area contributed by atoms with E-state index in [0.717, 1.165) is 21.9 Å². The molecule has 2 nitrogen and oxygen atoms in total. The quantitative estimate of drug-likeness (QED) is 0.770. The van der Waals surface area contributed by atoms with Gasteiger partial charge in [0, 0.05) is 24.2 Å². The molecule has 0 aliphatic heterocycles. The Morgan fingerprint density at radius 2 is 1.79 bits per heavy atom. The highest BCUT2D eigenvalue weighted by Gasteiger charge is 2.11. The summed E-state index contributed by atoms with van der Waals surface area (Å²) >= 11 is 0. The Labute approximate surface area is 112 Å². The van der Waals surface area contributed by atoms with E-state index < -0.39 is 6.10 Å². The van der Waals surface area contributed by atoms with E-state index in [2.05, 4.69) is 4.98 Å². The summed E-state index contributed by atoms with van der Waals surface area (Å²) < 4.78 is 0. The first kappa shape index (κ1) is 11.9. The molecule has 0 amide bonds. The van der Waals surface area contributed by atoms with E-state index in [0.29, 0.717) is 6.42 Å². The van der Waals surface area contributed by atoms with Crippen LogP contribution in [0.25, 0.3) is 10.8 Å². The zero-order chi connectivity index (χ0) is 13.1. The highest BCUT2D eigenvalue weighted by atomic mass is 16.3. The number of nitrogens with zero attached hydrogens (tertiary/aromatic N) is 1. The number of aromatic nitrogens is 1. The standard InChI is InChI=1S/C17H15NO/c19-17(11-13-5-2-1-3-6-13)16-8-4-7-14-12-18-10-9-15(14)16/h1-10,12,17,19H,11H2. The number of rotatable bonds is 3. The van der Waals surface area contributed by atoms with Gasteiger partial charge in [0.2, 0.25) is 0 Å². The molecule has 2 aromatic carbocycles. The van der Waals surface area contributed by atoms with E-state index in [1.54, 1.807) is 6.20 Å². The van der Waals surface area contributed by atoms with E-state index in [1.165, 1.54) is 0 Å². The molecular weight excluding hydrogens is 234 g/mol. The van der Waals surface area contributed by atoms with Crippen LogP contribution in [0.15, 0.2) is 67.0 Å². The molecule has 94 valence electrons. The van der Waals surface area contributed by atoms with Gasteiger partial charge in [-0.2, -0.15) is 0 Å². The SMILES string of the molecule is OC(Cc1ccccc1)c1cccc2cnccc12. The second-order valence-corrected chi connectivity index (χ2v) is 4.65. The van der Waals surface area contributed by atoms with Gasteiger partial charge in [0.15, 0.2) is 0 Å². The average Bonchev–Trinajstić information content (AvgIpc) is 2.47.